The third-order valence-electron chi connectivity index (χ3n) is 5.95. The van der Waals surface area contributed by atoms with Gasteiger partial charge in [0.05, 0.1) is 18.6 Å². The maximum Gasteiger partial charge on any atom is 0.256 e. The number of hydrogen-bond donors (Lipinski definition) is 1. The van der Waals surface area contributed by atoms with E-state index in [-0.39, 0.29) is 42.8 Å². The molecule has 1 heterocycles. The number of ether oxygens (including phenoxy) is 1. The Balaban J connectivity index is 1.57. The zero-order valence-corrected chi connectivity index (χ0v) is 18.1. The molecule has 2 amide bonds. The summed E-state index contributed by atoms with van der Waals surface area (Å²) in [6, 6.07) is 19.1. The number of likely N-dealkylation sites (tertiary alicyclic amines) is 1. The molecule has 0 aliphatic carbocycles. The van der Waals surface area contributed by atoms with Crippen molar-refractivity contribution in [2.45, 2.75) is 12.5 Å². The van der Waals surface area contributed by atoms with Crippen LogP contribution in [0.25, 0.3) is 0 Å². The molecule has 0 radical (unpaired) electrons. The first-order valence-electron chi connectivity index (χ1n) is 10.7. The van der Waals surface area contributed by atoms with Gasteiger partial charge >= 0.3 is 0 Å². The van der Waals surface area contributed by atoms with Crippen LogP contribution in [0.1, 0.15) is 27.4 Å². The standard InChI is InChI=1S/C26H24F2N2O3/c1-33-20-6-4-5-18(13-20)22-15-30(26(32)21-7-2-3-8-24(21)28)16-23(22)25(31)29-14-17-9-11-19(27)12-10-17/h2-13,22-23H,14-16H2,1H3,(H,29,31)/t22-,23+/m1/s1. The highest BCUT2D eigenvalue weighted by Gasteiger charge is 2.41. The van der Waals surface area contributed by atoms with E-state index < -0.39 is 17.6 Å². The second kappa shape index (κ2) is 9.81. The van der Waals surface area contributed by atoms with Crippen LogP contribution >= 0.6 is 0 Å². The summed E-state index contributed by atoms with van der Waals surface area (Å²) in [5.74, 6) is -1.79. The fraction of sp³-hybridized carbons (Fsp3) is 0.231. The minimum absolute atomic E-state index is 0.0192. The van der Waals surface area contributed by atoms with Gasteiger partial charge in [-0.2, -0.15) is 0 Å². The van der Waals surface area contributed by atoms with E-state index in [9.17, 15) is 18.4 Å². The van der Waals surface area contributed by atoms with Crippen LogP contribution in [-0.2, 0) is 11.3 Å². The topological polar surface area (TPSA) is 58.6 Å². The average molecular weight is 450 g/mol. The quantitative estimate of drug-likeness (QED) is 0.614. The monoisotopic (exact) mass is 450 g/mol. The minimum atomic E-state index is -0.593. The fourth-order valence-corrected chi connectivity index (χ4v) is 4.17. The Morgan fingerprint density at radius 3 is 2.48 bits per heavy atom. The first-order valence-corrected chi connectivity index (χ1v) is 10.7. The van der Waals surface area contributed by atoms with Crippen molar-refractivity contribution in [3.8, 4) is 5.75 Å². The summed E-state index contributed by atoms with van der Waals surface area (Å²) in [5, 5.41) is 2.89. The molecular weight excluding hydrogens is 426 g/mol. The number of benzene rings is 3. The number of halogens is 2. The molecule has 1 fully saturated rings. The molecule has 170 valence electrons. The molecule has 7 heteroatoms. The number of rotatable bonds is 6. The van der Waals surface area contributed by atoms with E-state index in [1.165, 1.54) is 35.2 Å². The maximum absolute atomic E-state index is 14.2. The van der Waals surface area contributed by atoms with Gasteiger partial charge in [-0.3, -0.25) is 9.59 Å². The molecule has 1 aliphatic rings. The molecule has 0 aromatic heterocycles. The van der Waals surface area contributed by atoms with Crippen molar-refractivity contribution >= 4 is 11.8 Å². The second-order valence-corrected chi connectivity index (χ2v) is 8.02. The van der Waals surface area contributed by atoms with Crippen LogP contribution in [0.5, 0.6) is 5.75 Å². The Labute approximate surface area is 191 Å². The van der Waals surface area contributed by atoms with Crippen LogP contribution in [-0.4, -0.2) is 36.9 Å². The summed E-state index contributed by atoms with van der Waals surface area (Å²) in [6.07, 6.45) is 0. The van der Waals surface area contributed by atoms with Gasteiger partial charge in [0.1, 0.15) is 17.4 Å². The van der Waals surface area contributed by atoms with Crippen molar-refractivity contribution in [3.63, 3.8) is 0 Å². The molecule has 0 spiro atoms. The molecule has 4 rings (SSSR count). The lowest BCUT2D eigenvalue weighted by atomic mass is 9.88. The van der Waals surface area contributed by atoms with Gasteiger partial charge in [0.2, 0.25) is 5.91 Å². The predicted octanol–water partition coefficient (Wildman–Crippen LogP) is 4.15. The summed E-state index contributed by atoms with van der Waals surface area (Å²) in [5.41, 5.74) is 1.61. The summed E-state index contributed by atoms with van der Waals surface area (Å²) in [7, 11) is 1.56. The Kier molecular flexibility index (Phi) is 6.68. The van der Waals surface area contributed by atoms with E-state index in [0.29, 0.717) is 5.75 Å². The zero-order valence-electron chi connectivity index (χ0n) is 18.1. The molecule has 0 unspecified atom stereocenters. The lowest BCUT2D eigenvalue weighted by Crippen LogP contribution is -2.35. The highest BCUT2D eigenvalue weighted by atomic mass is 19.1. The molecule has 1 saturated heterocycles. The van der Waals surface area contributed by atoms with Crippen LogP contribution in [0, 0.1) is 17.6 Å². The number of methoxy groups -OCH3 is 1. The molecule has 3 aromatic rings. The van der Waals surface area contributed by atoms with Crippen LogP contribution in [0.15, 0.2) is 72.8 Å². The van der Waals surface area contributed by atoms with Gasteiger partial charge in [0, 0.05) is 25.6 Å². The van der Waals surface area contributed by atoms with Gasteiger partial charge in [-0.15, -0.1) is 0 Å². The van der Waals surface area contributed by atoms with Crippen LogP contribution in [0.4, 0.5) is 8.78 Å². The molecule has 1 aliphatic heterocycles. The lowest BCUT2D eigenvalue weighted by molar-refractivity contribution is -0.125. The highest BCUT2D eigenvalue weighted by molar-refractivity contribution is 5.95. The van der Waals surface area contributed by atoms with Gasteiger partial charge in [-0.05, 0) is 47.5 Å². The number of carbonyl (C=O) groups is 2. The summed E-state index contributed by atoms with van der Waals surface area (Å²) >= 11 is 0. The number of hydrogen-bond acceptors (Lipinski definition) is 3. The fourth-order valence-electron chi connectivity index (χ4n) is 4.17. The Bertz CT molecular complexity index is 1150. The van der Waals surface area contributed by atoms with E-state index in [0.717, 1.165) is 11.1 Å². The van der Waals surface area contributed by atoms with E-state index in [1.807, 2.05) is 24.3 Å². The van der Waals surface area contributed by atoms with Gasteiger partial charge in [-0.1, -0.05) is 36.4 Å². The summed E-state index contributed by atoms with van der Waals surface area (Å²) < 4.78 is 32.7. The third-order valence-corrected chi connectivity index (χ3v) is 5.95. The van der Waals surface area contributed by atoms with E-state index >= 15 is 0 Å². The molecule has 1 N–H and O–H groups in total. The molecule has 5 nitrogen and oxygen atoms in total. The average Bonchev–Trinajstić information content (AvgIpc) is 3.29. The normalized spacial score (nSPS) is 17.6. The number of nitrogens with one attached hydrogen (secondary N) is 1. The van der Waals surface area contributed by atoms with Crippen LogP contribution in [0.2, 0.25) is 0 Å². The predicted molar refractivity (Wildman–Crippen MR) is 120 cm³/mol. The SMILES string of the molecule is COc1cccc([C@H]2CN(C(=O)c3ccccc3F)C[C@@H]2C(=O)NCc2ccc(F)cc2)c1. The van der Waals surface area contributed by atoms with Crippen molar-refractivity contribution in [1.29, 1.82) is 0 Å². The smallest absolute Gasteiger partial charge is 0.256 e. The van der Waals surface area contributed by atoms with Gasteiger partial charge < -0.3 is 15.0 Å². The highest BCUT2D eigenvalue weighted by Crippen LogP contribution is 2.35. The summed E-state index contributed by atoms with van der Waals surface area (Å²) in [6.45, 7) is 0.668. The molecular formula is C26H24F2N2O3. The largest absolute Gasteiger partial charge is 0.497 e. The van der Waals surface area contributed by atoms with Crippen molar-refractivity contribution in [2.24, 2.45) is 5.92 Å². The van der Waals surface area contributed by atoms with E-state index in [4.69, 9.17) is 4.74 Å². The molecule has 3 aromatic carbocycles. The lowest BCUT2D eigenvalue weighted by Gasteiger charge is -2.18. The zero-order chi connectivity index (χ0) is 23.4. The maximum atomic E-state index is 14.2. The first-order chi connectivity index (χ1) is 16.0. The molecule has 0 bridgehead atoms. The Morgan fingerprint density at radius 2 is 1.76 bits per heavy atom. The van der Waals surface area contributed by atoms with Gasteiger partial charge in [0.15, 0.2) is 0 Å². The van der Waals surface area contributed by atoms with E-state index in [1.54, 1.807) is 25.3 Å². The van der Waals surface area contributed by atoms with Crippen molar-refractivity contribution in [3.05, 3.63) is 101 Å². The third kappa shape index (κ3) is 5.03. The van der Waals surface area contributed by atoms with Crippen molar-refractivity contribution in [1.82, 2.24) is 10.2 Å². The Morgan fingerprint density at radius 1 is 1.00 bits per heavy atom. The number of amides is 2. The van der Waals surface area contributed by atoms with Gasteiger partial charge in [-0.25, -0.2) is 8.78 Å². The van der Waals surface area contributed by atoms with Crippen LogP contribution in [0.3, 0.4) is 0 Å². The molecule has 2 atom stereocenters. The van der Waals surface area contributed by atoms with E-state index in [2.05, 4.69) is 5.32 Å². The van der Waals surface area contributed by atoms with Crippen molar-refractivity contribution in [2.75, 3.05) is 20.2 Å². The number of carbonyl (C=O) groups excluding carboxylic acids is 2. The van der Waals surface area contributed by atoms with Crippen molar-refractivity contribution < 1.29 is 23.1 Å². The minimum Gasteiger partial charge on any atom is -0.497 e. The first kappa shape index (κ1) is 22.5. The summed E-state index contributed by atoms with van der Waals surface area (Å²) in [4.78, 5) is 27.7. The second-order valence-electron chi connectivity index (χ2n) is 8.02. The number of nitrogens with zero attached hydrogens (tertiary/aromatic N) is 1. The molecule has 33 heavy (non-hydrogen) atoms. The molecule has 0 saturated carbocycles. The van der Waals surface area contributed by atoms with Crippen LogP contribution < -0.4 is 10.1 Å². The van der Waals surface area contributed by atoms with Gasteiger partial charge in [0.25, 0.3) is 5.91 Å². The Hall–Kier alpha value is -3.74.